The molecule has 0 aliphatic carbocycles. The Hall–Kier alpha value is -1.20. The van der Waals surface area contributed by atoms with Crippen molar-refractivity contribution in [1.29, 1.82) is 0 Å². The number of carbonyl (C=O) groups excluding carboxylic acids is 1. The molecular formula is C12H13BrFNO2. The maximum Gasteiger partial charge on any atom is 0.244 e. The number of rotatable bonds is 4. The number of aliphatic hydroxyl groups is 1. The van der Waals surface area contributed by atoms with Crippen molar-refractivity contribution in [3.8, 4) is 0 Å². The van der Waals surface area contributed by atoms with Gasteiger partial charge >= 0.3 is 0 Å². The van der Waals surface area contributed by atoms with Gasteiger partial charge in [-0.2, -0.15) is 0 Å². The zero-order chi connectivity index (χ0) is 12.8. The highest BCUT2D eigenvalue weighted by Gasteiger charge is 2.01. The summed E-state index contributed by atoms with van der Waals surface area (Å²) in [6.45, 7) is 1.74. The summed E-state index contributed by atoms with van der Waals surface area (Å²) >= 11 is 3.22. The number of aliphatic hydroxyl groups excluding tert-OH is 1. The summed E-state index contributed by atoms with van der Waals surface area (Å²) in [6.07, 6.45) is 2.01. The van der Waals surface area contributed by atoms with Crippen LogP contribution in [0.4, 0.5) is 4.39 Å². The Balaban J connectivity index is 2.64. The lowest BCUT2D eigenvalue weighted by Crippen LogP contribution is -2.28. The Morgan fingerprint density at radius 2 is 2.35 bits per heavy atom. The van der Waals surface area contributed by atoms with Crippen LogP contribution in [0, 0.1) is 5.82 Å². The van der Waals surface area contributed by atoms with Gasteiger partial charge in [0.25, 0.3) is 0 Å². The zero-order valence-corrected chi connectivity index (χ0v) is 10.9. The molecule has 0 unspecified atom stereocenters. The van der Waals surface area contributed by atoms with Gasteiger partial charge in [0.05, 0.1) is 6.10 Å². The Kier molecular flexibility index (Phi) is 5.31. The number of amides is 1. The standard InChI is InChI=1S/C12H13BrFNO2/c1-8(16)7-15-12(17)5-2-9-6-10(13)3-4-11(9)14/h2-6,8,16H,7H2,1H3,(H,15,17)/b5-2+/t8-/m0/s1. The molecule has 0 saturated heterocycles. The summed E-state index contributed by atoms with van der Waals surface area (Å²) in [5.74, 6) is -0.766. The second-order valence-corrected chi connectivity index (χ2v) is 4.51. The van der Waals surface area contributed by atoms with Gasteiger partial charge in [-0.15, -0.1) is 0 Å². The van der Waals surface area contributed by atoms with E-state index in [1.54, 1.807) is 19.1 Å². The molecule has 0 bridgehead atoms. The molecule has 0 radical (unpaired) electrons. The Morgan fingerprint density at radius 1 is 1.65 bits per heavy atom. The number of halogens is 2. The van der Waals surface area contributed by atoms with Crippen molar-refractivity contribution < 1.29 is 14.3 Å². The Labute approximate surface area is 107 Å². The summed E-state index contributed by atoms with van der Waals surface area (Å²) in [6, 6.07) is 4.48. The van der Waals surface area contributed by atoms with Crippen LogP contribution in [0.15, 0.2) is 28.7 Å². The molecular weight excluding hydrogens is 289 g/mol. The van der Waals surface area contributed by atoms with Crippen LogP contribution in [0.3, 0.4) is 0 Å². The first kappa shape index (κ1) is 13.9. The van der Waals surface area contributed by atoms with Crippen LogP contribution in [0.1, 0.15) is 12.5 Å². The third-order valence-corrected chi connectivity index (χ3v) is 2.44. The van der Waals surface area contributed by atoms with Gasteiger partial charge in [-0.1, -0.05) is 15.9 Å². The highest BCUT2D eigenvalue weighted by Crippen LogP contribution is 2.16. The molecule has 0 spiro atoms. The molecule has 1 aromatic carbocycles. The molecule has 0 aliphatic rings. The van der Waals surface area contributed by atoms with Gasteiger partial charge in [0.2, 0.25) is 5.91 Å². The number of hydrogen-bond acceptors (Lipinski definition) is 2. The normalized spacial score (nSPS) is 12.7. The minimum atomic E-state index is -0.602. The fourth-order valence-electron chi connectivity index (χ4n) is 1.12. The fourth-order valence-corrected chi connectivity index (χ4v) is 1.49. The molecule has 17 heavy (non-hydrogen) atoms. The maximum atomic E-state index is 13.3. The Morgan fingerprint density at radius 3 is 3.00 bits per heavy atom. The van der Waals surface area contributed by atoms with Crippen molar-refractivity contribution in [2.75, 3.05) is 6.54 Å². The Bertz CT molecular complexity index is 433. The van der Waals surface area contributed by atoms with Gasteiger partial charge in [-0.3, -0.25) is 4.79 Å². The highest BCUT2D eigenvalue weighted by atomic mass is 79.9. The average molecular weight is 302 g/mol. The quantitative estimate of drug-likeness (QED) is 0.837. The largest absolute Gasteiger partial charge is 0.392 e. The van der Waals surface area contributed by atoms with Crippen LogP contribution in [0.2, 0.25) is 0 Å². The summed E-state index contributed by atoms with van der Waals surface area (Å²) in [7, 11) is 0. The third-order valence-electron chi connectivity index (χ3n) is 1.94. The van der Waals surface area contributed by atoms with Crippen molar-refractivity contribution in [2.45, 2.75) is 13.0 Å². The molecule has 1 rings (SSSR count). The van der Waals surface area contributed by atoms with E-state index in [1.165, 1.54) is 18.2 Å². The first-order chi connectivity index (χ1) is 7.99. The van der Waals surface area contributed by atoms with Gasteiger partial charge in [0.1, 0.15) is 5.82 Å². The zero-order valence-electron chi connectivity index (χ0n) is 9.28. The second-order valence-electron chi connectivity index (χ2n) is 3.59. The van der Waals surface area contributed by atoms with Crippen molar-refractivity contribution >= 4 is 27.9 Å². The van der Waals surface area contributed by atoms with Gasteiger partial charge < -0.3 is 10.4 Å². The van der Waals surface area contributed by atoms with Crippen LogP contribution in [0.5, 0.6) is 0 Å². The van der Waals surface area contributed by atoms with Crippen LogP contribution in [-0.4, -0.2) is 23.7 Å². The molecule has 0 saturated carbocycles. The SMILES string of the molecule is C[C@H](O)CNC(=O)/C=C/c1cc(Br)ccc1F. The highest BCUT2D eigenvalue weighted by molar-refractivity contribution is 9.10. The average Bonchev–Trinajstić information content (AvgIpc) is 2.27. The third kappa shape index (κ3) is 5.10. The molecule has 2 N–H and O–H groups in total. The van der Waals surface area contributed by atoms with Gasteiger partial charge in [0.15, 0.2) is 0 Å². The summed E-state index contributed by atoms with van der Waals surface area (Å²) in [4.78, 5) is 11.3. The molecule has 1 atom stereocenters. The number of nitrogens with one attached hydrogen (secondary N) is 1. The van der Waals surface area contributed by atoms with Crippen molar-refractivity contribution in [2.24, 2.45) is 0 Å². The molecule has 92 valence electrons. The summed E-state index contributed by atoms with van der Waals surface area (Å²) in [5.41, 5.74) is 0.326. The lowest BCUT2D eigenvalue weighted by Gasteiger charge is -2.03. The van der Waals surface area contributed by atoms with E-state index in [2.05, 4.69) is 21.2 Å². The minimum absolute atomic E-state index is 0.171. The van der Waals surface area contributed by atoms with Gasteiger partial charge in [-0.25, -0.2) is 4.39 Å². The lowest BCUT2D eigenvalue weighted by molar-refractivity contribution is -0.116. The van der Waals surface area contributed by atoms with Gasteiger partial charge in [0, 0.05) is 22.7 Å². The van der Waals surface area contributed by atoms with Crippen LogP contribution in [-0.2, 0) is 4.79 Å². The topological polar surface area (TPSA) is 49.3 Å². The molecule has 5 heteroatoms. The summed E-state index contributed by atoms with van der Waals surface area (Å²) in [5, 5.41) is 11.4. The molecule has 1 amide bonds. The molecule has 0 aromatic heterocycles. The van der Waals surface area contributed by atoms with E-state index in [9.17, 15) is 9.18 Å². The maximum absolute atomic E-state index is 13.3. The van der Waals surface area contributed by atoms with Crippen molar-refractivity contribution in [3.05, 3.63) is 40.1 Å². The van der Waals surface area contributed by atoms with Crippen LogP contribution >= 0.6 is 15.9 Å². The van der Waals surface area contributed by atoms with Crippen LogP contribution < -0.4 is 5.32 Å². The smallest absolute Gasteiger partial charge is 0.244 e. The van der Waals surface area contributed by atoms with Crippen LogP contribution in [0.25, 0.3) is 6.08 Å². The van der Waals surface area contributed by atoms with E-state index in [0.717, 1.165) is 4.47 Å². The van der Waals surface area contributed by atoms with E-state index in [1.807, 2.05) is 0 Å². The van der Waals surface area contributed by atoms with E-state index in [-0.39, 0.29) is 12.5 Å². The van der Waals surface area contributed by atoms with E-state index < -0.39 is 11.9 Å². The number of benzene rings is 1. The monoisotopic (exact) mass is 301 g/mol. The first-order valence-electron chi connectivity index (χ1n) is 5.08. The van der Waals surface area contributed by atoms with E-state index in [4.69, 9.17) is 5.11 Å². The predicted octanol–water partition coefficient (Wildman–Crippen LogP) is 2.10. The number of hydrogen-bond donors (Lipinski definition) is 2. The fraction of sp³-hybridized carbons (Fsp3) is 0.250. The van der Waals surface area contributed by atoms with Crippen molar-refractivity contribution in [3.63, 3.8) is 0 Å². The number of carbonyl (C=O) groups is 1. The minimum Gasteiger partial charge on any atom is -0.392 e. The lowest BCUT2D eigenvalue weighted by atomic mass is 10.2. The molecule has 0 fully saturated rings. The second kappa shape index (κ2) is 6.51. The molecule has 3 nitrogen and oxygen atoms in total. The first-order valence-corrected chi connectivity index (χ1v) is 5.87. The van der Waals surface area contributed by atoms with E-state index in [0.29, 0.717) is 5.56 Å². The molecule has 1 aromatic rings. The molecule has 0 aliphatic heterocycles. The van der Waals surface area contributed by atoms with E-state index >= 15 is 0 Å². The summed E-state index contributed by atoms with van der Waals surface area (Å²) < 4.78 is 14.0. The molecule has 0 heterocycles. The predicted molar refractivity (Wildman–Crippen MR) is 67.8 cm³/mol. The van der Waals surface area contributed by atoms with Crippen molar-refractivity contribution in [1.82, 2.24) is 5.32 Å². The van der Waals surface area contributed by atoms with Gasteiger partial charge in [-0.05, 0) is 31.2 Å².